The summed E-state index contributed by atoms with van der Waals surface area (Å²) < 4.78 is 11.1. The third-order valence-corrected chi connectivity index (χ3v) is 4.65. The molecule has 0 aliphatic carbocycles. The maximum absolute atomic E-state index is 12.9. The summed E-state index contributed by atoms with van der Waals surface area (Å²) in [7, 11) is 1.45. The number of ether oxygens (including phenoxy) is 2. The number of carboxylic acids is 1. The average molecular weight is 369 g/mol. The van der Waals surface area contributed by atoms with E-state index in [1.54, 1.807) is 4.90 Å². The highest BCUT2D eigenvalue weighted by Gasteiger charge is 2.26. The van der Waals surface area contributed by atoms with E-state index in [0.29, 0.717) is 31.2 Å². The zero-order valence-corrected chi connectivity index (χ0v) is 15.3. The van der Waals surface area contributed by atoms with Crippen molar-refractivity contribution in [2.24, 2.45) is 0 Å². The molecule has 6 heteroatoms. The van der Waals surface area contributed by atoms with E-state index in [9.17, 15) is 14.7 Å². The van der Waals surface area contributed by atoms with Crippen LogP contribution in [0.15, 0.2) is 42.5 Å². The van der Waals surface area contributed by atoms with Crippen molar-refractivity contribution in [3.63, 3.8) is 0 Å². The summed E-state index contributed by atoms with van der Waals surface area (Å²) in [6, 6.07) is 12.4. The van der Waals surface area contributed by atoms with Gasteiger partial charge in [0.2, 0.25) is 0 Å². The van der Waals surface area contributed by atoms with Crippen LogP contribution in [0, 0.1) is 0 Å². The van der Waals surface area contributed by atoms with Crippen molar-refractivity contribution in [2.75, 3.05) is 20.2 Å². The van der Waals surface area contributed by atoms with Gasteiger partial charge >= 0.3 is 5.97 Å². The number of nitrogens with zero attached hydrogens (tertiary/aromatic N) is 1. The highest BCUT2D eigenvalue weighted by molar-refractivity contribution is 6.05. The molecule has 1 heterocycles. The van der Waals surface area contributed by atoms with Crippen LogP contribution in [0.3, 0.4) is 0 Å². The monoisotopic (exact) mass is 369 g/mol. The maximum atomic E-state index is 12.9. The van der Waals surface area contributed by atoms with E-state index in [4.69, 9.17) is 9.47 Å². The van der Waals surface area contributed by atoms with Gasteiger partial charge in [-0.05, 0) is 37.0 Å². The van der Waals surface area contributed by atoms with Gasteiger partial charge in [-0.15, -0.1) is 0 Å². The summed E-state index contributed by atoms with van der Waals surface area (Å²) in [5.41, 5.74) is 1.02. The van der Waals surface area contributed by atoms with Crippen LogP contribution in [-0.4, -0.2) is 42.1 Å². The minimum Gasteiger partial charge on any atom is -0.493 e. The van der Waals surface area contributed by atoms with Gasteiger partial charge in [-0.25, -0.2) is 4.79 Å². The van der Waals surface area contributed by atoms with Crippen LogP contribution >= 0.6 is 0 Å². The SMILES string of the molecule is COc1cc(C(=O)O)c(C(=O)N2CCCCC2)cc1OCc1ccccc1. The summed E-state index contributed by atoms with van der Waals surface area (Å²) in [5.74, 6) is -0.798. The minimum atomic E-state index is -1.16. The van der Waals surface area contributed by atoms with Gasteiger partial charge < -0.3 is 19.5 Å². The summed E-state index contributed by atoms with van der Waals surface area (Å²) in [5, 5.41) is 9.56. The van der Waals surface area contributed by atoms with Crippen LogP contribution in [0.4, 0.5) is 0 Å². The summed E-state index contributed by atoms with van der Waals surface area (Å²) in [6.07, 6.45) is 2.95. The van der Waals surface area contributed by atoms with Gasteiger partial charge in [-0.1, -0.05) is 30.3 Å². The lowest BCUT2D eigenvalue weighted by Gasteiger charge is -2.27. The van der Waals surface area contributed by atoms with Gasteiger partial charge in [-0.2, -0.15) is 0 Å². The molecule has 0 saturated carbocycles. The molecule has 1 aliphatic heterocycles. The van der Waals surface area contributed by atoms with Gasteiger partial charge in [0.05, 0.1) is 18.2 Å². The second-order valence-corrected chi connectivity index (χ2v) is 6.48. The van der Waals surface area contributed by atoms with Crippen molar-refractivity contribution in [2.45, 2.75) is 25.9 Å². The normalized spacial score (nSPS) is 13.9. The molecule has 3 rings (SSSR count). The van der Waals surface area contributed by atoms with Gasteiger partial charge in [0.25, 0.3) is 5.91 Å². The van der Waals surface area contributed by atoms with Crippen molar-refractivity contribution in [1.82, 2.24) is 4.90 Å². The Morgan fingerprint density at radius 3 is 2.30 bits per heavy atom. The smallest absolute Gasteiger partial charge is 0.336 e. The standard InChI is InChI=1S/C21H23NO5/c1-26-18-13-17(21(24)25)16(20(23)22-10-6-3-7-11-22)12-19(18)27-14-15-8-4-2-5-9-15/h2,4-5,8-9,12-13H,3,6-7,10-11,14H2,1H3,(H,24,25). The minimum absolute atomic E-state index is 0.0746. The van der Waals surface area contributed by atoms with Gasteiger partial charge in [0.1, 0.15) is 6.61 Å². The lowest BCUT2D eigenvalue weighted by Crippen LogP contribution is -2.36. The molecule has 0 radical (unpaired) electrons. The number of benzene rings is 2. The molecule has 0 aromatic heterocycles. The van der Waals surface area contributed by atoms with Crippen molar-refractivity contribution in [3.8, 4) is 11.5 Å². The number of carbonyl (C=O) groups excluding carboxylic acids is 1. The molecule has 1 aliphatic rings. The van der Waals surface area contributed by atoms with Crippen LogP contribution < -0.4 is 9.47 Å². The number of piperidine rings is 1. The Bertz CT molecular complexity index is 813. The van der Waals surface area contributed by atoms with Crippen LogP contribution in [0.1, 0.15) is 45.5 Å². The second-order valence-electron chi connectivity index (χ2n) is 6.48. The number of likely N-dealkylation sites (tertiary alicyclic amines) is 1. The van der Waals surface area contributed by atoms with E-state index in [0.717, 1.165) is 24.8 Å². The zero-order chi connectivity index (χ0) is 19.2. The first-order chi connectivity index (χ1) is 13.1. The maximum Gasteiger partial charge on any atom is 0.336 e. The van der Waals surface area contributed by atoms with E-state index >= 15 is 0 Å². The molecule has 142 valence electrons. The van der Waals surface area contributed by atoms with Crippen LogP contribution in [-0.2, 0) is 6.61 Å². The molecule has 0 atom stereocenters. The molecule has 6 nitrogen and oxygen atoms in total. The van der Waals surface area contributed by atoms with E-state index in [1.807, 2.05) is 30.3 Å². The first kappa shape index (κ1) is 18.8. The Kier molecular flexibility index (Phi) is 5.96. The predicted octanol–water partition coefficient (Wildman–Crippen LogP) is 3.60. The number of aromatic carboxylic acids is 1. The molecule has 0 bridgehead atoms. The number of amides is 1. The molecule has 0 unspecified atom stereocenters. The molecule has 1 amide bonds. The molecular weight excluding hydrogens is 346 g/mol. The topological polar surface area (TPSA) is 76.1 Å². The Morgan fingerprint density at radius 1 is 1.00 bits per heavy atom. The number of hydrogen-bond acceptors (Lipinski definition) is 4. The first-order valence-corrected chi connectivity index (χ1v) is 9.01. The molecule has 1 saturated heterocycles. The fraction of sp³-hybridized carbons (Fsp3) is 0.333. The number of carbonyl (C=O) groups is 2. The highest BCUT2D eigenvalue weighted by Crippen LogP contribution is 2.32. The summed E-state index contributed by atoms with van der Waals surface area (Å²) >= 11 is 0. The van der Waals surface area contributed by atoms with Gasteiger partial charge in [0, 0.05) is 13.1 Å². The first-order valence-electron chi connectivity index (χ1n) is 9.01. The highest BCUT2D eigenvalue weighted by atomic mass is 16.5. The second kappa shape index (κ2) is 8.58. The quantitative estimate of drug-likeness (QED) is 0.842. The van der Waals surface area contributed by atoms with Gasteiger partial charge in [0.15, 0.2) is 11.5 Å². The number of rotatable bonds is 6. The molecule has 1 fully saturated rings. The average Bonchev–Trinajstić information content (AvgIpc) is 2.72. The van der Waals surface area contributed by atoms with Crippen LogP contribution in [0.2, 0.25) is 0 Å². The largest absolute Gasteiger partial charge is 0.493 e. The Hall–Kier alpha value is -3.02. The molecular formula is C21H23NO5. The molecule has 2 aromatic rings. The Morgan fingerprint density at radius 2 is 1.67 bits per heavy atom. The molecule has 2 aromatic carbocycles. The lowest BCUT2D eigenvalue weighted by molar-refractivity contribution is 0.0665. The zero-order valence-electron chi connectivity index (χ0n) is 15.3. The van der Waals surface area contributed by atoms with Crippen molar-refractivity contribution in [1.29, 1.82) is 0 Å². The third kappa shape index (κ3) is 4.39. The van der Waals surface area contributed by atoms with E-state index in [-0.39, 0.29) is 17.0 Å². The summed E-state index contributed by atoms with van der Waals surface area (Å²) in [4.78, 5) is 26.3. The van der Waals surface area contributed by atoms with Crippen LogP contribution in [0.25, 0.3) is 0 Å². The molecule has 0 spiro atoms. The van der Waals surface area contributed by atoms with Crippen molar-refractivity contribution < 1.29 is 24.2 Å². The fourth-order valence-corrected chi connectivity index (χ4v) is 3.19. The van der Waals surface area contributed by atoms with E-state index in [1.165, 1.54) is 19.2 Å². The van der Waals surface area contributed by atoms with Crippen LogP contribution in [0.5, 0.6) is 11.5 Å². The van der Waals surface area contributed by atoms with E-state index < -0.39 is 5.97 Å². The van der Waals surface area contributed by atoms with Crippen molar-refractivity contribution >= 4 is 11.9 Å². The van der Waals surface area contributed by atoms with Crippen molar-refractivity contribution in [3.05, 3.63) is 59.2 Å². The number of hydrogen-bond donors (Lipinski definition) is 1. The predicted molar refractivity (Wildman–Crippen MR) is 100 cm³/mol. The molecule has 27 heavy (non-hydrogen) atoms. The van der Waals surface area contributed by atoms with Gasteiger partial charge in [-0.3, -0.25) is 4.79 Å². The number of methoxy groups -OCH3 is 1. The third-order valence-electron chi connectivity index (χ3n) is 4.65. The number of carboxylic acid groups (broad SMARTS) is 1. The molecule has 1 N–H and O–H groups in total. The summed E-state index contributed by atoms with van der Waals surface area (Å²) in [6.45, 7) is 1.58. The fourth-order valence-electron chi connectivity index (χ4n) is 3.19. The Labute approximate surface area is 158 Å². The Balaban J connectivity index is 1.92. The lowest BCUT2D eigenvalue weighted by atomic mass is 10.0. The van der Waals surface area contributed by atoms with E-state index in [2.05, 4.69) is 0 Å².